The molecule has 7 nitrogen and oxygen atoms in total. The summed E-state index contributed by atoms with van der Waals surface area (Å²) >= 11 is 1.05. The third-order valence-corrected chi connectivity index (χ3v) is 4.88. The average molecular weight is 398 g/mol. The van der Waals surface area contributed by atoms with Gasteiger partial charge in [-0.15, -0.1) is 11.3 Å². The van der Waals surface area contributed by atoms with Crippen LogP contribution >= 0.6 is 11.3 Å². The van der Waals surface area contributed by atoms with Gasteiger partial charge in [-0.3, -0.25) is 9.59 Å². The fraction of sp³-hybridized carbons (Fsp3) is 0.150. The number of esters is 1. The van der Waals surface area contributed by atoms with Gasteiger partial charge in [0.2, 0.25) is 0 Å². The van der Waals surface area contributed by atoms with Crippen molar-refractivity contribution < 1.29 is 23.5 Å². The van der Waals surface area contributed by atoms with E-state index >= 15 is 0 Å². The molecule has 0 spiro atoms. The highest BCUT2D eigenvalue weighted by Crippen LogP contribution is 2.24. The zero-order valence-corrected chi connectivity index (χ0v) is 16.1. The van der Waals surface area contributed by atoms with Gasteiger partial charge in [-0.05, 0) is 43.3 Å². The summed E-state index contributed by atoms with van der Waals surface area (Å²) in [6.45, 7) is 1.52. The first-order valence-corrected chi connectivity index (χ1v) is 9.25. The van der Waals surface area contributed by atoms with E-state index in [0.717, 1.165) is 11.3 Å². The average Bonchev–Trinajstić information content (AvgIpc) is 3.39. The summed E-state index contributed by atoms with van der Waals surface area (Å²) in [5.41, 5.74) is 0.703. The maximum Gasteiger partial charge on any atom is 0.349 e. The Bertz CT molecular complexity index is 966. The lowest BCUT2D eigenvalue weighted by Gasteiger charge is -2.21. The maximum atomic E-state index is 12.5. The molecule has 8 heteroatoms. The van der Waals surface area contributed by atoms with Crippen molar-refractivity contribution in [3.8, 4) is 0 Å². The summed E-state index contributed by atoms with van der Waals surface area (Å²) in [7, 11) is 1.62. The van der Waals surface area contributed by atoms with Crippen molar-refractivity contribution in [1.82, 2.24) is 0 Å². The van der Waals surface area contributed by atoms with Crippen molar-refractivity contribution >= 4 is 39.8 Å². The number of anilines is 2. The molecule has 0 aliphatic carbocycles. The number of hydrogen-bond acceptors (Lipinski definition) is 6. The van der Waals surface area contributed by atoms with Gasteiger partial charge in [-0.2, -0.15) is 0 Å². The molecule has 0 aliphatic rings. The first-order valence-electron chi connectivity index (χ1n) is 8.44. The summed E-state index contributed by atoms with van der Waals surface area (Å²) in [6.07, 6.45) is 0.442. The Morgan fingerprint density at radius 2 is 1.82 bits per heavy atom. The largest absolute Gasteiger partial charge is 0.459 e. The monoisotopic (exact) mass is 398 g/mol. The number of nitrogens with one attached hydrogen (secondary N) is 1. The highest BCUT2D eigenvalue weighted by atomic mass is 32.1. The number of carbonyl (C=O) groups is 3. The van der Waals surface area contributed by atoms with E-state index in [2.05, 4.69) is 5.32 Å². The van der Waals surface area contributed by atoms with Gasteiger partial charge in [0.15, 0.2) is 11.9 Å². The Morgan fingerprint density at radius 1 is 1.07 bits per heavy atom. The van der Waals surface area contributed by atoms with Crippen molar-refractivity contribution in [1.29, 1.82) is 0 Å². The van der Waals surface area contributed by atoms with Gasteiger partial charge in [0.05, 0.1) is 11.3 Å². The second-order valence-corrected chi connectivity index (χ2v) is 6.96. The lowest BCUT2D eigenvalue weighted by Crippen LogP contribution is -2.37. The molecule has 3 aromatic rings. The molecule has 3 rings (SSSR count). The van der Waals surface area contributed by atoms with Crippen LogP contribution in [0.4, 0.5) is 10.7 Å². The second kappa shape index (κ2) is 8.53. The van der Waals surface area contributed by atoms with E-state index < -0.39 is 18.0 Å². The number of amides is 2. The highest BCUT2D eigenvalue weighted by Gasteiger charge is 2.24. The van der Waals surface area contributed by atoms with E-state index in [0.29, 0.717) is 10.7 Å². The lowest BCUT2D eigenvalue weighted by molar-refractivity contribution is -0.126. The van der Waals surface area contributed by atoms with Crippen LogP contribution in [0.25, 0.3) is 0 Å². The van der Waals surface area contributed by atoms with E-state index in [9.17, 15) is 14.4 Å². The molecule has 1 N–H and O–H groups in total. The molecule has 0 saturated heterocycles. The molecule has 2 aromatic heterocycles. The van der Waals surface area contributed by atoms with Gasteiger partial charge in [0, 0.05) is 12.7 Å². The quantitative estimate of drug-likeness (QED) is 0.638. The topological polar surface area (TPSA) is 88.8 Å². The molecule has 1 aromatic carbocycles. The third kappa shape index (κ3) is 4.47. The van der Waals surface area contributed by atoms with Gasteiger partial charge >= 0.3 is 5.97 Å². The summed E-state index contributed by atoms with van der Waals surface area (Å²) in [5, 5.41) is 3.10. The van der Waals surface area contributed by atoms with Crippen LogP contribution in [0.15, 0.2) is 65.3 Å². The summed E-state index contributed by atoms with van der Waals surface area (Å²) in [5.74, 6) is -1.23. The molecule has 2 heterocycles. The van der Waals surface area contributed by atoms with E-state index in [1.807, 2.05) is 18.2 Å². The van der Waals surface area contributed by atoms with E-state index in [1.165, 1.54) is 30.2 Å². The van der Waals surface area contributed by atoms with Crippen LogP contribution in [0, 0.1) is 0 Å². The number of para-hydroxylation sites is 1. The minimum absolute atomic E-state index is 0.167. The molecular weight excluding hydrogens is 380 g/mol. The predicted molar refractivity (Wildman–Crippen MR) is 106 cm³/mol. The zero-order valence-electron chi connectivity index (χ0n) is 15.2. The minimum Gasteiger partial charge on any atom is -0.459 e. The predicted octanol–water partition coefficient (Wildman–Crippen LogP) is 3.80. The van der Waals surface area contributed by atoms with Crippen molar-refractivity contribution in [2.75, 3.05) is 17.3 Å². The van der Waals surface area contributed by atoms with Crippen molar-refractivity contribution in [2.24, 2.45) is 0 Å². The number of likely N-dealkylation sites (N-methyl/N-ethyl adjacent to an activating group) is 1. The van der Waals surface area contributed by atoms with Gasteiger partial charge in [-0.25, -0.2) is 4.79 Å². The molecule has 28 heavy (non-hydrogen) atoms. The van der Waals surface area contributed by atoms with Crippen molar-refractivity contribution in [3.63, 3.8) is 0 Å². The van der Waals surface area contributed by atoms with Crippen LogP contribution in [0.1, 0.15) is 27.2 Å². The highest BCUT2D eigenvalue weighted by molar-refractivity contribution is 7.18. The van der Waals surface area contributed by atoms with E-state index in [1.54, 1.807) is 31.3 Å². The van der Waals surface area contributed by atoms with Crippen LogP contribution in [-0.4, -0.2) is 30.9 Å². The number of carbonyl (C=O) groups excluding carboxylic acids is 3. The van der Waals surface area contributed by atoms with Crippen molar-refractivity contribution in [3.05, 3.63) is 71.5 Å². The van der Waals surface area contributed by atoms with Crippen molar-refractivity contribution in [2.45, 2.75) is 13.0 Å². The van der Waals surface area contributed by atoms with E-state index in [-0.39, 0.29) is 16.5 Å². The summed E-state index contributed by atoms with van der Waals surface area (Å²) < 4.78 is 10.3. The smallest absolute Gasteiger partial charge is 0.349 e. The zero-order chi connectivity index (χ0) is 20.1. The standard InChI is InChI=1S/C20H18N2O5S/c1-13(19(24)22(2)14-7-4-3-5-8-14)27-20(25)16-10-11-17(28-16)21-18(23)15-9-6-12-26-15/h3-13H,1-2H3,(H,21,23). The second-order valence-electron chi connectivity index (χ2n) is 5.88. The molecular formula is C20H18N2O5S. The summed E-state index contributed by atoms with van der Waals surface area (Å²) in [4.78, 5) is 38.5. The van der Waals surface area contributed by atoms with E-state index in [4.69, 9.17) is 9.15 Å². The molecule has 0 fully saturated rings. The Hall–Kier alpha value is -3.39. The molecule has 1 atom stereocenters. The van der Waals surface area contributed by atoms with Crippen LogP contribution in [0.3, 0.4) is 0 Å². The minimum atomic E-state index is -0.957. The lowest BCUT2D eigenvalue weighted by atomic mass is 10.2. The van der Waals surface area contributed by atoms with Crippen LogP contribution in [0.5, 0.6) is 0 Å². The summed E-state index contributed by atoms with van der Waals surface area (Å²) in [6, 6.07) is 15.3. The molecule has 0 radical (unpaired) electrons. The Kier molecular flexibility index (Phi) is 5.90. The van der Waals surface area contributed by atoms with Gasteiger partial charge in [0.1, 0.15) is 4.88 Å². The number of rotatable bonds is 6. The number of ether oxygens (including phenoxy) is 1. The number of thiophene rings is 1. The van der Waals surface area contributed by atoms with Gasteiger partial charge in [-0.1, -0.05) is 18.2 Å². The van der Waals surface area contributed by atoms with Gasteiger partial charge < -0.3 is 19.4 Å². The van der Waals surface area contributed by atoms with Gasteiger partial charge in [0.25, 0.3) is 11.8 Å². The molecule has 2 amide bonds. The van der Waals surface area contributed by atoms with Crippen LogP contribution in [0.2, 0.25) is 0 Å². The number of furan rings is 1. The SMILES string of the molecule is CC(OC(=O)c1ccc(NC(=O)c2ccco2)s1)C(=O)N(C)c1ccccc1. The maximum absolute atomic E-state index is 12.5. The molecule has 144 valence electrons. The fourth-order valence-corrected chi connectivity index (χ4v) is 3.20. The number of nitrogens with zero attached hydrogens (tertiary/aromatic N) is 1. The molecule has 1 unspecified atom stereocenters. The van der Waals surface area contributed by atoms with Crippen LogP contribution in [-0.2, 0) is 9.53 Å². The molecule has 0 saturated carbocycles. The fourth-order valence-electron chi connectivity index (χ4n) is 2.42. The van der Waals surface area contributed by atoms with Crippen LogP contribution < -0.4 is 10.2 Å². The number of benzene rings is 1. The Balaban J connectivity index is 1.59. The first-order chi connectivity index (χ1) is 13.5. The molecule has 0 aliphatic heterocycles. The first kappa shape index (κ1) is 19.4. The number of hydrogen-bond donors (Lipinski definition) is 1. The Morgan fingerprint density at radius 3 is 2.50 bits per heavy atom. The normalized spacial score (nSPS) is 11.5. The molecule has 0 bridgehead atoms. The Labute approximate surface area is 165 Å². The third-order valence-electron chi connectivity index (χ3n) is 3.89.